The Morgan fingerprint density at radius 2 is 1.68 bits per heavy atom. The van der Waals surface area contributed by atoms with Crippen LogP contribution < -0.4 is 11.5 Å². The molecule has 1 unspecified atom stereocenters. The number of amides is 2. The smallest absolute Gasteiger partial charge is 0.345 e. The number of nitrogens with zero attached hydrogens (tertiary/aromatic N) is 5. The lowest BCUT2D eigenvalue weighted by atomic mass is 9.72. The molecule has 1 aromatic heterocycles. The maximum atomic E-state index is 12.9. The SMILES string of the molecule is COC(=O)CN1CCN(C(=O)N=C(N)C(C)(c2ccc(-c3cnc(N)nc3)cc2)C(C)C)CC1. The fourth-order valence-corrected chi connectivity index (χ4v) is 3.91. The number of nitrogens with two attached hydrogens (primary N) is 2. The van der Waals surface area contributed by atoms with Crippen molar-refractivity contribution >= 4 is 23.8 Å². The van der Waals surface area contributed by atoms with Gasteiger partial charge in [-0.1, -0.05) is 38.1 Å². The first-order chi connectivity index (χ1) is 16.1. The molecule has 2 amide bonds. The molecule has 0 radical (unpaired) electrons. The zero-order valence-corrected chi connectivity index (χ0v) is 20.2. The highest BCUT2D eigenvalue weighted by atomic mass is 16.5. The summed E-state index contributed by atoms with van der Waals surface area (Å²) in [6.07, 6.45) is 3.36. The summed E-state index contributed by atoms with van der Waals surface area (Å²) in [5, 5.41) is 0. The molecular weight excluding hydrogens is 434 g/mol. The number of methoxy groups -OCH3 is 1. The van der Waals surface area contributed by atoms with Gasteiger partial charge in [0.05, 0.1) is 19.1 Å². The number of aromatic nitrogens is 2. The van der Waals surface area contributed by atoms with Gasteiger partial charge in [0.25, 0.3) is 0 Å². The number of urea groups is 1. The Kier molecular flexibility index (Phi) is 7.83. The zero-order valence-electron chi connectivity index (χ0n) is 20.2. The number of esters is 1. The van der Waals surface area contributed by atoms with Gasteiger partial charge < -0.3 is 21.1 Å². The summed E-state index contributed by atoms with van der Waals surface area (Å²) in [5.41, 5.74) is 14.2. The van der Waals surface area contributed by atoms with Crippen molar-refractivity contribution in [2.45, 2.75) is 26.2 Å². The molecule has 2 heterocycles. The van der Waals surface area contributed by atoms with Gasteiger partial charge in [-0.15, -0.1) is 0 Å². The number of carbonyl (C=O) groups is 2. The normalized spacial score (nSPS) is 16.9. The predicted octanol–water partition coefficient (Wildman–Crippen LogP) is 1.91. The van der Waals surface area contributed by atoms with Gasteiger partial charge in [0, 0.05) is 44.1 Å². The lowest BCUT2D eigenvalue weighted by Gasteiger charge is -2.35. The van der Waals surface area contributed by atoms with Crippen LogP contribution in [0.25, 0.3) is 11.1 Å². The van der Waals surface area contributed by atoms with E-state index in [2.05, 4.69) is 28.8 Å². The molecule has 1 aromatic carbocycles. The number of carbonyl (C=O) groups excluding carboxylic acids is 2. The molecule has 0 bridgehead atoms. The van der Waals surface area contributed by atoms with Gasteiger partial charge in [-0.05, 0) is 24.0 Å². The van der Waals surface area contributed by atoms with Crippen molar-refractivity contribution in [2.24, 2.45) is 16.6 Å². The van der Waals surface area contributed by atoms with Crippen LogP contribution in [0, 0.1) is 5.92 Å². The van der Waals surface area contributed by atoms with Crippen molar-refractivity contribution in [3.8, 4) is 11.1 Å². The van der Waals surface area contributed by atoms with Crippen molar-refractivity contribution in [1.29, 1.82) is 0 Å². The molecule has 34 heavy (non-hydrogen) atoms. The fraction of sp³-hybridized carbons (Fsp3) is 0.458. The highest BCUT2D eigenvalue weighted by molar-refractivity contribution is 5.99. The van der Waals surface area contributed by atoms with Gasteiger partial charge in [-0.2, -0.15) is 4.99 Å². The van der Waals surface area contributed by atoms with E-state index in [-0.39, 0.29) is 36.2 Å². The Hall–Kier alpha value is -3.53. The van der Waals surface area contributed by atoms with E-state index < -0.39 is 5.41 Å². The summed E-state index contributed by atoms with van der Waals surface area (Å²) < 4.78 is 4.71. The fourth-order valence-electron chi connectivity index (χ4n) is 3.91. The molecule has 1 fully saturated rings. The topological polar surface area (TPSA) is 140 Å². The first-order valence-corrected chi connectivity index (χ1v) is 11.3. The second kappa shape index (κ2) is 10.6. The molecule has 0 spiro atoms. The molecule has 0 aliphatic carbocycles. The lowest BCUT2D eigenvalue weighted by Crippen LogP contribution is -2.50. The number of anilines is 1. The Labute approximate surface area is 200 Å². The summed E-state index contributed by atoms with van der Waals surface area (Å²) in [7, 11) is 1.37. The number of benzene rings is 1. The third-order valence-electron chi connectivity index (χ3n) is 6.62. The summed E-state index contributed by atoms with van der Waals surface area (Å²) in [6, 6.07) is 7.56. The maximum absolute atomic E-state index is 12.9. The number of rotatable bonds is 6. The summed E-state index contributed by atoms with van der Waals surface area (Å²) in [5.74, 6) is 0.302. The molecule has 10 heteroatoms. The van der Waals surface area contributed by atoms with Crippen LogP contribution in [0.2, 0.25) is 0 Å². The molecule has 1 aliphatic heterocycles. The second-order valence-electron chi connectivity index (χ2n) is 8.88. The first kappa shape index (κ1) is 25.1. The number of hydrogen-bond donors (Lipinski definition) is 2. The van der Waals surface area contributed by atoms with Crippen LogP contribution in [-0.4, -0.2) is 77.4 Å². The minimum atomic E-state index is -0.640. The van der Waals surface area contributed by atoms with E-state index in [0.29, 0.717) is 26.2 Å². The van der Waals surface area contributed by atoms with E-state index in [1.807, 2.05) is 36.1 Å². The van der Waals surface area contributed by atoms with E-state index >= 15 is 0 Å². The van der Waals surface area contributed by atoms with Crippen LogP contribution in [0.15, 0.2) is 41.7 Å². The first-order valence-electron chi connectivity index (χ1n) is 11.3. The van der Waals surface area contributed by atoms with E-state index in [1.54, 1.807) is 17.3 Å². The third kappa shape index (κ3) is 5.51. The van der Waals surface area contributed by atoms with Crippen molar-refractivity contribution < 1.29 is 14.3 Å². The number of ether oxygens (including phenoxy) is 1. The average molecular weight is 468 g/mol. The van der Waals surface area contributed by atoms with Crippen LogP contribution in [-0.2, 0) is 14.9 Å². The Balaban J connectivity index is 1.75. The van der Waals surface area contributed by atoms with Crippen LogP contribution in [0.5, 0.6) is 0 Å². The Bertz CT molecular complexity index is 1030. The summed E-state index contributed by atoms with van der Waals surface area (Å²) >= 11 is 0. The van der Waals surface area contributed by atoms with Crippen molar-refractivity contribution in [2.75, 3.05) is 45.6 Å². The number of nitrogen functional groups attached to an aromatic ring is 1. The predicted molar refractivity (Wildman–Crippen MR) is 131 cm³/mol. The van der Waals surface area contributed by atoms with Gasteiger partial charge in [0.2, 0.25) is 5.95 Å². The van der Waals surface area contributed by atoms with E-state index in [4.69, 9.17) is 16.2 Å². The van der Waals surface area contributed by atoms with Gasteiger partial charge in [0.1, 0.15) is 5.84 Å². The van der Waals surface area contributed by atoms with Crippen LogP contribution >= 0.6 is 0 Å². The number of hydrogen-bond acceptors (Lipinski definition) is 7. The zero-order chi connectivity index (χ0) is 24.9. The maximum Gasteiger partial charge on any atom is 0.345 e. The Morgan fingerprint density at radius 1 is 1.09 bits per heavy atom. The van der Waals surface area contributed by atoms with Crippen molar-refractivity contribution in [3.63, 3.8) is 0 Å². The largest absolute Gasteiger partial charge is 0.468 e. The monoisotopic (exact) mass is 467 g/mol. The van der Waals surface area contributed by atoms with E-state index in [1.165, 1.54) is 7.11 Å². The number of aliphatic imine (C=N–C) groups is 1. The minimum Gasteiger partial charge on any atom is -0.468 e. The molecule has 10 nitrogen and oxygen atoms in total. The van der Waals surface area contributed by atoms with Crippen LogP contribution in [0.4, 0.5) is 10.7 Å². The van der Waals surface area contributed by atoms with Gasteiger partial charge in [-0.3, -0.25) is 9.69 Å². The van der Waals surface area contributed by atoms with Gasteiger partial charge in [-0.25, -0.2) is 14.8 Å². The van der Waals surface area contributed by atoms with Crippen LogP contribution in [0.3, 0.4) is 0 Å². The molecule has 4 N–H and O–H groups in total. The van der Waals surface area contributed by atoms with Crippen LogP contribution in [0.1, 0.15) is 26.3 Å². The van der Waals surface area contributed by atoms with Gasteiger partial charge >= 0.3 is 12.0 Å². The summed E-state index contributed by atoms with van der Waals surface area (Å²) in [4.78, 5) is 40.4. The molecular formula is C24H33N7O3. The van der Waals surface area contributed by atoms with Crippen molar-refractivity contribution in [3.05, 3.63) is 42.2 Å². The third-order valence-corrected chi connectivity index (χ3v) is 6.62. The molecule has 1 aliphatic rings. The average Bonchev–Trinajstić information content (AvgIpc) is 2.84. The second-order valence-corrected chi connectivity index (χ2v) is 8.88. The highest BCUT2D eigenvalue weighted by Gasteiger charge is 2.36. The van der Waals surface area contributed by atoms with Gasteiger partial charge in [0.15, 0.2) is 0 Å². The quantitative estimate of drug-likeness (QED) is 0.373. The molecule has 2 aromatic rings. The molecule has 0 saturated carbocycles. The Morgan fingerprint density at radius 3 is 2.21 bits per heavy atom. The lowest BCUT2D eigenvalue weighted by molar-refractivity contribution is -0.142. The molecule has 1 atom stereocenters. The van der Waals surface area contributed by atoms with E-state index in [0.717, 1.165) is 16.7 Å². The molecule has 1 saturated heterocycles. The standard InChI is InChI=1S/C24H33N7O3/c1-16(2)24(3,19-7-5-17(6-8-19)18-13-27-22(26)28-14-18)21(25)29-23(33)31-11-9-30(10-12-31)15-20(32)34-4/h5-8,13-14,16H,9-12,15H2,1-4H3,(H2,25,29,33)(H2,26,27,28). The number of amidine groups is 1. The minimum absolute atomic E-state index is 0.0895. The molecule has 3 rings (SSSR count). The van der Waals surface area contributed by atoms with E-state index in [9.17, 15) is 9.59 Å². The highest BCUT2D eigenvalue weighted by Crippen LogP contribution is 2.34. The van der Waals surface area contributed by atoms with Crippen molar-refractivity contribution in [1.82, 2.24) is 19.8 Å². The number of piperazine rings is 1. The summed E-state index contributed by atoms with van der Waals surface area (Å²) in [6.45, 7) is 8.43. The molecule has 182 valence electrons.